The number of nitrogens with zero attached hydrogens (tertiary/aromatic N) is 1. The number of hydrogen-bond donors (Lipinski definition) is 1. The quantitative estimate of drug-likeness (QED) is 0.925. The molecular weight excluding hydrogens is 310 g/mol. The molecule has 0 amide bonds. The summed E-state index contributed by atoms with van der Waals surface area (Å²) < 4.78 is 2.14. The van der Waals surface area contributed by atoms with Crippen LogP contribution in [0, 0.1) is 13.8 Å². The van der Waals surface area contributed by atoms with Gasteiger partial charge in [-0.3, -0.25) is 9.36 Å². The van der Waals surface area contributed by atoms with Gasteiger partial charge in [-0.25, -0.2) is 4.79 Å². The molecule has 2 aromatic rings. The van der Waals surface area contributed by atoms with Gasteiger partial charge in [-0.15, -0.1) is 0 Å². The van der Waals surface area contributed by atoms with Crippen LogP contribution in [0.4, 0.5) is 0 Å². The molecule has 0 bridgehead atoms. The number of hydrogen-bond acceptors (Lipinski definition) is 2. The van der Waals surface area contributed by atoms with E-state index in [2.05, 4.69) is 15.9 Å². The largest absolute Gasteiger partial charge is 0.478 e. The highest BCUT2D eigenvalue weighted by atomic mass is 79.9. The van der Waals surface area contributed by atoms with Crippen LogP contribution in [0.15, 0.2) is 39.6 Å². The Hall–Kier alpha value is -1.88. The van der Waals surface area contributed by atoms with E-state index >= 15 is 0 Å². The summed E-state index contributed by atoms with van der Waals surface area (Å²) in [6.45, 7) is 3.26. The lowest BCUT2D eigenvalue weighted by atomic mass is 10.1. The summed E-state index contributed by atoms with van der Waals surface area (Å²) in [7, 11) is 0. The number of carboxylic acid groups (broad SMARTS) is 1. The first-order valence-corrected chi connectivity index (χ1v) is 6.44. The fraction of sp³-hybridized carbons (Fsp3) is 0.143. The molecule has 0 unspecified atom stereocenters. The normalized spacial score (nSPS) is 10.5. The average molecular weight is 322 g/mol. The Balaban J connectivity index is 2.86. The lowest BCUT2D eigenvalue weighted by molar-refractivity contribution is 0.0694. The van der Waals surface area contributed by atoms with E-state index < -0.39 is 5.97 Å². The summed E-state index contributed by atoms with van der Waals surface area (Å²) in [5, 5.41) is 9.25. The Morgan fingerprint density at radius 1 is 1.26 bits per heavy atom. The Morgan fingerprint density at radius 2 is 1.89 bits per heavy atom. The standard InChI is InChI=1S/C14H12BrNO3/c1-8-7-12(17)16(9(2)13(8)14(18)19)11-6-4-3-5-10(11)15/h3-7H,1-2H3,(H,18,19). The van der Waals surface area contributed by atoms with Crippen LogP contribution in [0.1, 0.15) is 21.6 Å². The van der Waals surface area contributed by atoms with Gasteiger partial charge in [0.1, 0.15) is 0 Å². The second-order valence-corrected chi connectivity index (χ2v) is 5.07. The van der Waals surface area contributed by atoms with Gasteiger partial charge >= 0.3 is 5.97 Å². The van der Waals surface area contributed by atoms with Crippen LogP contribution in [-0.4, -0.2) is 15.6 Å². The van der Waals surface area contributed by atoms with Crippen molar-refractivity contribution in [3.8, 4) is 5.69 Å². The Bertz CT molecular complexity index is 719. The van der Waals surface area contributed by atoms with Gasteiger partial charge in [0.05, 0.1) is 11.3 Å². The van der Waals surface area contributed by atoms with Gasteiger partial charge in [0, 0.05) is 16.2 Å². The van der Waals surface area contributed by atoms with E-state index in [1.165, 1.54) is 10.6 Å². The second-order valence-electron chi connectivity index (χ2n) is 4.22. The highest BCUT2D eigenvalue weighted by molar-refractivity contribution is 9.10. The third-order valence-electron chi connectivity index (χ3n) is 2.96. The zero-order chi connectivity index (χ0) is 14.2. The van der Waals surface area contributed by atoms with E-state index in [-0.39, 0.29) is 11.1 Å². The van der Waals surface area contributed by atoms with Crippen LogP contribution < -0.4 is 5.56 Å². The maximum Gasteiger partial charge on any atom is 0.337 e. The molecule has 1 N–H and O–H groups in total. The number of aryl methyl sites for hydroxylation is 1. The van der Waals surface area contributed by atoms with Gasteiger partial charge in [0.2, 0.25) is 0 Å². The van der Waals surface area contributed by atoms with E-state index in [4.69, 9.17) is 0 Å². The van der Waals surface area contributed by atoms with Crippen LogP contribution >= 0.6 is 15.9 Å². The van der Waals surface area contributed by atoms with Crippen molar-refractivity contribution in [3.05, 3.63) is 62.0 Å². The molecule has 1 heterocycles. The van der Waals surface area contributed by atoms with Crippen molar-refractivity contribution < 1.29 is 9.90 Å². The molecule has 0 saturated heterocycles. The van der Waals surface area contributed by atoms with Crippen molar-refractivity contribution in [2.24, 2.45) is 0 Å². The van der Waals surface area contributed by atoms with E-state index in [1.807, 2.05) is 12.1 Å². The minimum atomic E-state index is -1.03. The number of carbonyl (C=O) groups is 1. The number of aromatic carboxylic acids is 1. The minimum absolute atomic E-state index is 0.162. The smallest absolute Gasteiger partial charge is 0.337 e. The fourth-order valence-corrected chi connectivity index (χ4v) is 2.60. The summed E-state index contributed by atoms with van der Waals surface area (Å²) in [6.07, 6.45) is 0. The predicted octanol–water partition coefficient (Wildman–Crippen LogP) is 2.92. The number of carboxylic acids is 1. The molecule has 5 heteroatoms. The zero-order valence-corrected chi connectivity index (χ0v) is 12.1. The molecule has 98 valence electrons. The van der Waals surface area contributed by atoms with Gasteiger partial charge in [-0.05, 0) is 47.5 Å². The maximum atomic E-state index is 12.1. The second kappa shape index (κ2) is 5.01. The van der Waals surface area contributed by atoms with E-state index in [1.54, 1.807) is 26.0 Å². The maximum absolute atomic E-state index is 12.1. The van der Waals surface area contributed by atoms with Gasteiger partial charge in [0.15, 0.2) is 0 Å². The van der Waals surface area contributed by atoms with Gasteiger partial charge in [0.25, 0.3) is 5.56 Å². The molecule has 0 saturated carbocycles. The van der Waals surface area contributed by atoms with E-state index in [0.717, 1.165) is 4.47 Å². The third kappa shape index (κ3) is 2.33. The summed E-state index contributed by atoms with van der Waals surface area (Å²) >= 11 is 3.37. The molecule has 0 spiro atoms. The number of halogens is 1. The molecule has 4 nitrogen and oxygen atoms in total. The number of rotatable bonds is 2. The summed E-state index contributed by atoms with van der Waals surface area (Å²) in [5.74, 6) is -1.03. The number of pyridine rings is 1. The van der Waals surface area contributed by atoms with Crippen molar-refractivity contribution in [2.75, 3.05) is 0 Å². The van der Waals surface area contributed by atoms with Crippen LogP contribution in [0.25, 0.3) is 5.69 Å². The summed E-state index contributed by atoms with van der Waals surface area (Å²) in [6, 6.07) is 8.55. The number of benzene rings is 1. The van der Waals surface area contributed by atoms with Crippen molar-refractivity contribution >= 4 is 21.9 Å². The fourth-order valence-electron chi connectivity index (χ4n) is 2.14. The number of aromatic nitrogens is 1. The van der Waals surface area contributed by atoms with Crippen LogP contribution in [0.5, 0.6) is 0 Å². The van der Waals surface area contributed by atoms with Gasteiger partial charge in [-0.1, -0.05) is 12.1 Å². The molecule has 0 atom stereocenters. The highest BCUT2D eigenvalue weighted by Crippen LogP contribution is 2.22. The molecule has 1 aromatic heterocycles. The summed E-state index contributed by atoms with van der Waals surface area (Å²) in [5.41, 5.74) is 1.44. The van der Waals surface area contributed by atoms with E-state index in [0.29, 0.717) is 16.9 Å². The van der Waals surface area contributed by atoms with Crippen molar-refractivity contribution in [3.63, 3.8) is 0 Å². The van der Waals surface area contributed by atoms with Crippen molar-refractivity contribution in [1.29, 1.82) is 0 Å². The molecule has 1 aromatic carbocycles. The molecular formula is C14H12BrNO3. The Kier molecular flexibility index (Phi) is 3.57. The first-order chi connectivity index (χ1) is 8.93. The topological polar surface area (TPSA) is 59.3 Å². The van der Waals surface area contributed by atoms with Gasteiger partial charge in [-0.2, -0.15) is 0 Å². The molecule has 0 radical (unpaired) electrons. The molecule has 0 aliphatic heterocycles. The lowest BCUT2D eigenvalue weighted by Gasteiger charge is -2.15. The van der Waals surface area contributed by atoms with Crippen LogP contribution in [0.3, 0.4) is 0 Å². The van der Waals surface area contributed by atoms with Gasteiger partial charge < -0.3 is 5.11 Å². The van der Waals surface area contributed by atoms with Crippen molar-refractivity contribution in [1.82, 2.24) is 4.57 Å². The van der Waals surface area contributed by atoms with Crippen LogP contribution in [-0.2, 0) is 0 Å². The zero-order valence-electron chi connectivity index (χ0n) is 10.5. The summed E-state index contributed by atoms with van der Waals surface area (Å²) in [4.78, 5) is 23.4. The number of para-hydroxylation sites is 1. The van der Waals surface area contributed by atoms with E-state index in [9.17, 15) is 14.7 Å². The third-order valence-corrected chi connectivity index (χ3v) is 3.63. The van der Waals surface area contributed by atoms with Crippen LogP contribution in [0.2, 0.25) is 0 Å². The predicted molar refractivity (Wildman–Crippen MR) is 76.2 cm³/mol. The minimum Gasteiger partial charge on any atom is -0.478 e. The molecule has 2 rings (SSSR count). The molecule has 0 fully saturated rings. The average Bonchev–Trinajstić information content (AvgIpc) is 2.30. The molecule has 19 heavy (non-hydrogen) atoms. The SMILES string of the molecule is Cc1cc(=O)n(-c2ccccc2Br)c(C)c1C(=O)O. The monoisotopic (exact) mass is 321 g/mol. The lowest BCUT2D eigenvalue weighted by Crippen LogP contribution is -2.24. The Morgan fingerprint density at radius 3 is 2.47 bits per heavy atom. The van der Waals surface area contributed by atoms with Crippen molar-refractivity contribution in [2.45, 2.75) is 13.8 Å². The Labute approximate surface area is 118 Å². The first kappa shape index (κ1) is 13.5. The molecule has 0 aliphatic carbocycles. The molecule has 0 aliphatic rings. The highest BCUT2D eigenvalue weighted by Gasteiger charge is 2.17. The first-order valence-electron chi connectivity index (χ1n) is 5.65.